The standard InChI is InChI=1S/C108H72N4/c1-105(2)83-34-10-12-36-85(83)107(87-38-14-19-47-99(87)111-95-46-18-7-27-75(95)78-32-23-42-91(107)103(78)111)89-40-21-30-73(101(89)105)69-53-59-96-80(63-69)76-28-8-16-44-93(76)109(96)71-55-49-66(50-56-71)68-52-58-98-82(62-68)79-33-24-43-92-104(79)112(98)100-48-20-15-39-88(100)108(92)86-37-13-11-35-84(86)106(3,4)102-74(31-22-41-90(102)108)70-54-60-97-81(64-70)77-29-9-17-45-94(77)110(97)72-57-51-65-25-5-6-26-67(65)61-72/h5-64H,1-4H3. The molecule has 0 saturated carbocycles. The number of rotatable bonds is 5. The van der Waals surface area contributed by atoms with Crippen molar-refractivity contribution in [3.05, 3.63) is 431 Å². The van der Waals surface area contributed by atoms with Crippen LogP contribution in [-0.2, 0) is 21.7 Å². The fourth-order valence-electron chi connectivity index (χ4n) is 22.6. The van der Waals surface area contributed by atoms with E-state index in [9.17, 15) is 0 Å². The summed E-state index contributed by atoms with van der Waals surface area (Å²) in [6, 6.07) is 139. The lowest BCUT2D eigenvalue weighted by Crippen LogP contribution is -2.44. The van der Waals surface area contributed by atoms with Gasteiger partial charge in [0.2, 0.25) is 0 Å². The lowest BCUT2D eigenvalue weighted by atomic mass is 9.52. The molecule has 0 amide bonds. The molecule has 6 heterocycles. The van der Waals surface area contributed by atoms with Crippen molar-refractivity contribution in [2.45, 2.75) is 49.4 Å². The number of hydrogen-bond donors (Lipinski definition) is 0. The first-order chi connectivity index (χ1) is 55.1. The van der Waals surface area contributed by atoms with E-state index in [0.717, 1.165) is 11.4 Å². The van der Waals surface area contributed by atoms with Gasteiger partial charge in [-0.25, -0.2) is 0 Å². The van der Waals surface area contributed by atoms with Crippen LogP contribution in [0.25, 0.3) is 154 Å². The van der Waals surface area contributed by atoms with Crippen LogP contribution < -0.4 is 0 Å². The molecule has 2 spiro atoms. The van der Waals surface area contributed by atoms with Crippen LogP contribution in [0.2, 0.25) is 0 Å². The number of fused-ring (bicyclic) bond motifs is 29. The van der Waals surface area contributed by atoms with Crippen LogP contribution in [0.15, 0.2) is 364 Å². The fourth-order valence-corrected chi connectivity index (χ4v) is 22.6. The third-order valence-electron chi connectivity index (χ3n) is 27.0. The summed E-state index contributed by atoms with van der Waals surface area (Å²) in [6.07, 6.45) is 0. The van der Waals surface area contributed by atoms with Crippen molar-refractivity contribution >= 4 is 98.0 Å². The Labute approximate surface area is 648 Å². The number of para-hydroxylation sites is 7. The molecule has 112 heavy (non-hydrogen) atoms. The maximum absolute atomic E-state index is 2.59. The molecule has 4 aromatic heterocycles. The molecule has 17 aromatic carbocycles. The molecular formula is C108H72N4. The third kappa shape index (κ3) is 7.71. The maximum Gasteiger partial charge on any atom is 0.0748 e. The molecule has 0 saturated heterocycles. The van der Waals surface area contributed by atoms with Gasteiger partial charge in [-0.1, -0.05) is 301 Å². The van der Waals surface area contributed by atoms with Crippen LogP contribution in [-0.4, -0.2) is 18.3 Å². The summed E-state index contributed by atoms with van der Waals surface area (Å²) in [5.41, 5.74) is 35.9. The highest BCUT2D eigenvalue weighted by molar-refractivity contribution is 6.16. The quantitative estimate of drug-likeness (QED) is 0.164. The van der Waals surface area contributed by atoms with E-state index in [0.29, 0.717) is 0 Å². The Morgan fingerprint density at radius 1 is 0.196 bits per heavy atom. The summed E-state index contributed by atoms with van der Waals surface area (Å²) in [4.78, 5) is 0. The molecule has 21 aromatic rings. The van der Waals surface area contributed by atoms with Gasteiger partial charge in [0, 0.05) is 65.3 Å². The van der Waals surface area contributed by atoms with Gasteiger partial charge in [0.05, 0.1) is 66.3 Å². The first kappa shape index (κ1) is 62.1. The Balaban J connectivity index is 0.617. The first-order valence-electron chi connectivity index (χ1n) is 39.6. The lowest BCUT2D eigenvalue weighted by Gasteiger charge is -2.50. The van der Waals surface area contributed by atoms with Crippen LogP contribution in [0.4, 0.5) is 0 Å². The van der Waals surface area contributed by atoms with Gasteiger partial charge in [-0.3, -0.25) is 0 Å². The minimum atomic E-state index is -0.654. The second kappa shape index (κ2) is 22.0. The predicted octanol–water partition coefficient (Wildman–Crippen LogP) is 26.9. The highest BCUT2D eigenvalue weighted by atomic mass is 15.0. The van der Waals surface area contributed by atoms with Crippen molar-refractivity contribution in [3.63, 3.8) is 0 Å². The summed E-state index contributed by atoms with van der Waals surface area (Å²) < 4.78 is 10.1. The third-order valence-corrected chi connectivity index (χ3v) is 27.0. The van der Waals surface area contributed by atoms with E-state index < -0.39 is 10.8 Å². The zero-order valence-corrected chi connectivity index (χ0v) is 62.4. The van der Waals surface area contributed by atoms with Gasteiger partial charge in [0.15, 0.2) is 0 Å². The van der Waals surface area contributed by atoms with E-state index in [2.05, 4.69) is 410 Å². The molecule has 0 N–H and O–H groups in total. The van der Waals surface area contributed by atoms with Crippen LogP contribution in [0.1, 0.15) is 94.5 Å². The second-order valence-electron chi connectivity index (χ2n) is 32.9. The molecule has 2 unspecified atom stereocenters. The molecule has 0 fully saturated rings. The number of hydrogen-bond acceptors (Lipinski definition) is 0. The molecule has 4 aliphatic rings. The number of benzene rings is 17. The van der Waals surface area contributed by atoms with Gasteiger partial charge >= 0.3 is 0 Å². The van der Waals surface area contributed by atoms with Gasteiger partial charge in [-0.05, 0) is 202 Å². The van der Waals surface area contributed by atoms with Crippen molar-refractivity contribution < 1.29 is 0 Å². The van der Waals surface area contributed by atoms with E-state index in [1.54, 1.807) is 0 Å². The van der Waals surface area contributed by atoms with E-state index >= 15 is 0 Å². The Bertz CT molecular complexity index is 7770. The molecule has 25 rings (SSSR count). The second-order valence-corrected chi connectivity index (χ2v) is 32.9. The molecule has 2 aliphatic heterocycles. The lowest BCUT2D eigenvalue weighted by molar-refractivity contribution is 0.557. The van der Waals surface area contributed by atoms with E-state index in [4.69, 9.17) is 0 Å². The summed E-state index contributed by atoms with van der Waals surface area (Å²) in [5, 5.41) is 12.5. The molecule has 2 aliphatic carbocycles. The van der Waals surface area contributed by atoms with Crippen LogP contribution in [0.5, 0.6) is 0 Å². The molecular weight excluding hydrogens is 1350 g/mol. The Morgan fingerprint density at radius 3 is 1.07 bits per heavy atom. The Morgan fingerprint density at radius 2 is 0.536 bits per heavy atom. The average molecular weight is 1430 g/mol. The maximum atomic E-state index is 2.59. The van der Waals surface area contributed by atoms with Crippen molar-refractivity contribution in [2.24, 2.45) is 0 Å². The van der Waals surface area contributed by atoms with Crippen molar-refractivity contribution in [2.75, 3.05) is 0 Å². The van der Waals surface area contributed by atoms with Gasteiger partial charge < -0.3 is 18.3 Å². The summed E-state index contributed by atoms with van der Waals surface area (Å²) in [7, 11) is 0. The fraction of sp³-hybridized carbons (Fsp3) is 0.0741. The summed E-state index contributed by atoms with van der Waals surface area (Å²) >= 11 is 0. The minimum absolute atomic E-state index is 0.346. The van der Waals surface area contributed by atoms with Crippen molar-refractivity contribution in [3.8, 4) is 56.1 Å². The molecule has 0 radical (unpaired) electrons. The smallest absolute Gasteiger partial charge is 0.0748 e. The van der Waals surface area contributed by atoms with Gasteiger partial charge in [0.25, 0.3) is 0 Å². The Hall–Kier alpha value is -13.8. The van der Waals surface area contributed by atoms with Crippen LogP contribution in [0, 0.1) is 0 Å². The summed E-state index contributed by atoms with van der Waals surface area (Å²) in [6.45, 7) is 9.84. The van der Waals surface area contributed by atoms with Gasteiger partial charge in [-0.15, -0.1) is 0 Å². The van der Waals surface area contributed by atoms with Crippen molar-refractivity contribution in [1.82, 2.24) is 18.3 Å². The van der Waals surface area contributed by atoms with Crippen LogP contribution in [0.3, 0.4) is 0 Å². The largest absolute Gasteiger partial charge is 0.309 e. The highest BCUT2D eigenvalue weighted by Crippen LogP contribution is 2.65. The normalized spacial score (nSPS) is 16.6. The van der Waals surface area contributed by atoms with Crippen molar-refractivity contribution in [1.29, 1.82) is 0 Å². The summed E-state index contributed by atoms with van der Waals surface area (Å²) in [5.74, 6) is 0. The zero-order chi connectivity index (χ0) is 73.8. The Kier molecular flexibility index (Phi) is 12.2. The number of nitrogens with zero attached hydrogens (tertiary/aromatic N) is 4. The first-order valence-corrected chi connectivity index (χ1v) is 39.6. The van der Waals surface area contributed by atoms with Gasteiger partial charge in [-0.2, -0.15) is 0 Å². The number of aromatic nitrogens is 4. The molecule has 4 heteroatoms. The topological polar surface area (TPSA) is 19.7 Å². The van der Waals surface area contributed by atoms with E-state index in [1.807, 2.05) is 0 Å². The average Bonchev–Trinajstić information content (AvgIpc) is 0.941. The van der Waals surface area contributed by atoms with E-state index in [1.165, 1.54) is 210 Å². The molecule has 4 nitrogen and oxygen atoms in total. The van der Waals surface area contributed by atoms with E-state index in [-0.39, 0.29) is 10.8 Å². The highest BCUT2D eigenvalue weighted by Gasteiger charge is 2.55. The van der Waals surface area contributed by atoms with Crippen LogP contribution >= 0.6 is 0 Å². The predicted molar refractivity (Wildman–Crippen MR) is 466 cm³/mol. The van der Waals surface area contributed by atoms with Gasteiger partial charge in [0.1, 0.15) is 0 Å². The SMILES string of the molecule is CC1(C)c2ccccc2C2(c3ccccc3-n3c4ccccc4c4cccc2c43)c2cccc(-c3ccc4c(c3)c3ccccc3n4-c3ccc(-c4ccc5c(c4)c4cccc6c4n5-c4ccccc4C64c5ccccc5C(C)(C)c5c(-c6ccc7c(c6)c6ccccc6n7-c6ccc7ccccc7c6)cccc54)cc3)c21. The molecule has 524 valence electrons. The molecule has 0 bridgehead atoms. The zero-order valence-electron chi connectivity index (χ0n) is 62.4. The monoisotopic (exact) mass is 1420 g/mol. The minimum Gasteiger partial charge on any atom is -0.309 e. The molecule has 2 atom stereocenters.